The predicted molar refractivity (Wildman–Crippen MR) is 89.6 cm³/mol. The minimum atomic E-state index is -3.24. The van der Waals surface area contributed by atoms with Crippen LogP contribution in [0.3, 0.4) is 0 Å². The molecule has 0 aliphatic rings. The number of imidazole rings is 1. The van der Waals surface area contributed by atoms with E-state index in [0.29, 0.717) is 36.9 Å². The van der Waals surface area contributed by atoms with E-state index in [9.17, 15) is 8.42 Å². The minimum absolute atomic E-state index is 0.268. The van der Waals surface area contributed by atoms with E-state index in [2.05, 4.69) is 14.7 Å². The highest BCUT2D eigenvalue weighted by molar-refractivity contribution is 7.88. The molecule has 2 aromatic heterocycles. The largest absolute Gasteiger partial charge is 0.382 e. The molecule has 0 spiro atoms. The number of ether oxygens (including phenoxy) is 1. The van der Waals surface area contributed by atoms with Crippen molar-refractivity contribution in [2.45, 2.75) is 33.9 Å². The van der Waals surface area contributed by atoms with E-state index in [1.807, 2.05) is 25.3 Å². The van der Waals surface area contributed by atoms with Crippen LogP contribution < -0.4 is 10.5 Å². The van der Waals surface area contributed by atoms with Crippen molar-refractivity contribution in [2.75, 3.05) is 25.1 Å². The van der Waals surface area contributed by atoms with Crippen molar-refractivity contribution >= 4 is 26.9 Å². The number of nitrogens with two attached hydrogens (primary N) is 1. The Balaban J connectivity index is 2.48. The molecule has 0 amide bonds. The number of hydrogen-bond donors (Lipinski definition) is 2. The lowest BCUT2D eigenvalue weighted by Gasteiger charge is -2.12. The first-order valence-corrected chi connectivity index (χ1v) is 9.28. The van der Waals surface area contributed by atoms with Gasteiger partial charge in [-0.2, -0.15) is 0 Å². The van der Waals surface area contributed by atoms with Crippen molar-refractivity contribution in [3.63, 3.8) is 0 Å². The molecule has 9 heteroatoms. The van der Waals surface area contributed by atoms with Gasteiger partial charge in [-0.15, -0.1) is 0 Å². The third-order valence-electron chi connectivity index (χ3n) is 3.61. The average molecular weight is 341 g/mol. The second kappa shape index (κ2) is 6.81. The highest BCUT2D eigenvalue weighted by Crippen LogP contribution is 2.26. The first-order valence-electron chi connectivity index (χ1n) is 7.38. The lowest BCUT2D eigenvalue weighted by atomic mass is 10.2. The summed E-state index contributed by atoms with van der Waals surface area (Å²) in [5.74, 6) is 1.08. The number of aromatic nitrogens is 3. The van der Waals surface area contributed by atoms with Crippen LogP contribution in [0.2, 0.25) is 0 Å². The van der Waals surface area contributed by atoms with Gasteiger partial charge in [0.1, 0.15) is 17.9 Å². The maximum atomic E-state index is 11.3. The molecular formula is C14H23N5O3S. The number of rotatable bonds is 7. The Labute approximate surface area is 136 Å². The predicted octanol–water partition coefficient (Wildman–Crippen LogP) is 0.716. The van der Waals surface area contributed by atoms with Crippen LogP contribution in [0, 0.1) is 13.8 Å². The molecule has 0 bridgehead atoms. The van der Waals surface area contributed by atoms with Crippen LogP contribution in [0.5, 0.6) is 0 Å². The van der Waals surface area contributed by atoms with Gasteiger partial charge in [0.2, 0.25) is 10.0 Å². The Morgan fingerprint density at radius 2 is 2.00 bits per heavy atom. The normalized spacial score (nSPS) is 12.2. The smallest absolute Gasteiger partial charge is 0.208 e. The van der Waals surface area contributed by atoms with Crippen LogP contribution >= 0.6 is 0 Å². The Hall–Kier alpha value is -1.71. The molecule has 8 nitrogen and oxygen atoms in total. The molecule has 0 saturated carbocycles. The molecule has 128 valence electrons. The van der Waals surface area contributed by atoms with Gasteiger partial charge in [-0.05, 0) is 26.3 Å². The molecule has 23 heavy (non-hydrogen) atoms. The summed E-state index contributed by atoms with van der Waals surface area (Å²) in [7, 11) is -3.24. The van der Waals surface area contributed by atoms with Crippen molar-refractivity contribution in [1.82, 2.24) is 19.3 Å². The van der Waals surface area contributed by atoms with Crippen LogP contribution in [0.4, 0.5) is 5.82 Å². The molecule has 2 aromatic rings. The van der Waals surface area contributed by atoms with Crippen molar-refractivity contribution in [2.24, 2.45) is 0 Å². The number of sulfonamides is 1. The number of pyridine rings is 1. The topological polar surface area (TPSA) is 112 Å². The Bertz CT molecular complexity index is 814. The maximum absolute atomic E-state index is 11.3. The van der Waals surface area contributed by atoms with Gasteiger partial charge in [-0.3, -0.25) is 0 Å². The van der Waals surface area contributed by atoms with E-state index in [1.165, 1.54) is 0 Å². The number of aryl methyl sites for hydroxylation is 2. The molecule has 0 radical (unpaired) electrons. The zero-order valence-electron chi connectivity index (χ0n) is 13.9. The SMILES string of the molecule is CCOCc1nc2c(N)nc(C)c(C)c2n1CCNS(C)(=O)=O. The third kappa shape index (κ3) is 3.98. The van der Waals surface area contributed by atoms with Gasteiger partial charge in [0.15, 0.2) is 5.82 Å². The van der Waals surface area contributed by atoms with Crippen LogP contribution in [-0.4, -0.2) is 42.4 Å². The fraction of sp³-hybridized carbons (Fsp3) is 0.571. The number of nitrogen functional groups attached to an aromatic ring is 1. The van der Waals surface area contributed by atoms with Gasteiger partial charge in [-0.25, -0.2) is 23.1 Å². The van der Waals surface area contributed by atoms with Crippen molar-refractivity contribution in [3.8, 4) is 0 Å². The standard InChI is InChI=1S/C14H23N5O3S/c1-5-22-8-11-18-12-13(9(2)10(3)17-14(12)15)19(11)7-6-16-23(4,20)21/h16H,5-8H2,1-4H3,(H2,15,17). The van der Waals surface area contributed by atoms with Gasteiger partial charge >= 0.3 is 0 Å². The molecule has 2 rings (SSSR count). The molecule has 0 saturated heterocycles. The Morgan fingerprint density at radius 1 is 1.30 bits per heavy atom. The van der Waals surface area contributed by atoms with E-state index in [1.54, 1.807) is 0 Å². The zero-order chi connectivity index (χ0) is 17.2. The summed E-state index contributed by atoms with van der Waals surface area (Å²) >= 11 is 0. The molecule has 0 aliphatic heterocycles. The quantitative estimate of drug-likeness (QED) is 0.767. The number of nitrogens with zero attached hydrogens (tertiary/aromatic N) is 3. The van der Waals surface area contributed by atoms with Crippen molar-refractivity contribution in [3.05, 3.63) is 17.1 Å². The lowest BCUT2D eigenvalue weighted by molar-refractivity contribution is 0.126. The second-order valence-corrected chi connectivity index (χ2v) is 7.22. The highest BCUT2D eigenvalue weighted by Gasteiger charge is 2.17. The van der Waals surface area contributed by atoms with Crippen LogP contribution in [0.25, 0.3) is 11.0 Å². The summed E-state index contributed by atoms with van der Waals surface area (Å²) in [4.78, 5) is 8.85. The van der Waals surface area contributed by atoms with Gasteiger partial charge < -0.3 is 15.0 Å². The van der Waals surface area contributed by atoms with Gasteiger partial charge in [0, 0.05) is 25.4 Å². The van der Waals surface area contributed by atoms with E-state index in [-0.39, 0.29) is 6.54 Å². The Kier molecular flexibility index (Phi) is 5.23. The van der Waals surface area contributed by atoms with Gasteiger partial charge in [-0.1, -0.05) is 0 Å². The summed E-state index contributed by atoms with van der Waals surface area (Å²) in [6, 6.07) is 0. The van der Waals surface area contributed by atoms with E-state index < -0.39 is 10.0 Å². The Morgan fingerprint density at radius 3 is 2.61 bits per heavy atom. The molecule has 0 aliphatic carbocycles. The van der Waals surface area contributed by atoms with Gasteiger partial charge in [0.05, 0.1) is 11.8 Å². The minimum Gasteiger partial charge on any atom is -0.382 e. The number of anilines is 1. The van der Waals surface area contributed by atoms with Crippen molar-refractivity contribution < 1.29 is 13.2 Å². The number of nitrogens with one attached hydrogen (secondary N) is 1. The monoisotopic (exact) mass is 341 g/mol. The maximum Gasteiger partial charge on any atom is 0.208 e. The summed E-state index contributed by atoms with van der Waals surface area (Å²) in [5.41, 5.74) is 9.30. The molecule has 3 N–H and O–H groups in total. The van der Waals surface area contributed by atoms with E-state index >= 15 is 0 Å². The van der Waals surface area contributed by atoms with Crippen LogP contribution in [-0.2, 0) is 27.9 Å². The number of fused-ring (bicyclic) bond motifs is 1. The van der Waals surface area contributed by atoms with Gasteiger partial charge in [0.25, 0.3) is 0 Å². The first kappa shape index (κ1) is 17.6. The molecule has 2 heterocycles. The molecular weight excluding hydrogens is 318 g/mol. The zero-order valence-corrected chi connectivity index (χ0v) is 14.7. The molecule has 0 unspecified atom stereocenters. The second-order valence-electron chi connectivity index (χ2n) is 5.39. The first-order chi connectivity index (χ1) is 10.7. The molecule has 0 fully saturated rings. The summed E-state index contributed by atoms with van der Waals surface area (Å²) < 4.78 is 32.4. The lowest BCUT2D eigenvalue weighted by Crippen LogP contribution is -2.26. The summed E-state index contributed by atoms with van der Waals surface area (Å²) in [5, 5.41) is 0. The molecule has 0 atom stereocenters. The summed E-state index contributed by atoms with van der Waals surface area (Å²) in [6.45, 7) is 7.36. The van der Waals surface area contributed by atoms with E-state index in [0.717, 1.165) is 23.0 Å². The van der Waals surface area contributed by atoms with Crippen molar-refractivity contribution in [1.29, 1.82) is 0 Å². The fourth-order valence-corrected chi connectivity index (χ4v) is 2.90. The highest BCUT2D eigenvalue weighted by atomic mass is 32.2. The third-order valence-corrected chi connectivity index (χ3v) is 4.34. The summed E-state index contributed by atoms with van der Waals surface area (Å²) in [6.07, 6.45) is 1.14. The van der Waals surface area contributed by atoms with Crippen LogP contribution in [0.1, 0.15) is 24.0 Å². The van der Waals surface area contributed by atoms with E-state index in [4.69, 9.17) is 10.5 Å². The fourth-order valence-electron chi connectivity index (χ4n) is 2.43. The average Bonchev–Trinajstić information content (AvgIpc) is 2.81. The van der Waals surface area contributed by atoms with Crippen LogP contribution in [0.15, 0.2) is 0 Å². The number of hydrogen-bond acceptors (Lipinski definition) is 6. The molecule has 0 aromatic carbocycles.